The molecule has 3 fully saturated rings. The van der Waals surface area contributed by atoms with Crippen LogP contribution in [0.1, 0.15) is 58.3 Å². The standard InChI is InChI=1S/C23H34O7/c1-14(24)10-11-15(17-12-18(17)25)6-4-5-9-19-21(26)22(27)20(30-19)13-29-23(28)16-7-2-3-8-16/h4,6,11,16-22,25-27H,2-3,5,7-10,12-13H2,1H3/b6-4-,15-11+/t17?,18?,19-,20+,21-,22+/m0/s1. The van der Waals surface area contributed by atoms with Crippen molar-refractivity contribution >= 4 is 11.8 Å². The highest BCUT2D eigenvalue weighted by atomic mass is 16.6. The van der Waals surface area contributed by atoms with Gasteiger partial charge in [0.1, 0.15) is 30.7 Å². The predicted molar refractivity (Wildman–Crippen MR) is 109 cm³/mol. The molecule has 3 N–H and O–H groups in total. The zero-order valence-electron chi connectivity index (χ0n) is 17.6. The quantitative estimate of drug-likeness (QED) is 0.364. The molecular weight excluding hydrogens is 388 g/mol. The number of esters is 1. The molecule has 1 saturated heterocycles. The van der Waals surface area contributed by atoms with Gasteiger partial charge in [0.2, 0.25) is 0 Å². The fraction of sp³-hybridized carbons (Fsp3) is 0.739. The summed E-state index contributed by atoms with van der Waals surface area (Å²) in [6.07, 6.45) is 8.01. The van der Waals surface area contributed by atoms with Crippen LogP contribution in [0.2, 0.25) is 0 Å². The number of hydrogen-bond acceptors (Lipinski definition) is 7. The minimum absolute atomic E-state index is 0.0442. The van der Waals surface area contributed by atoms with E-state index in [1.165, 1.54) is 6.92 Å². The molecule has 1 heterocycles. The van der Waals surface area contributed by atoms with Gasteiger partial charge in [0.15, 0.2) is 0 Å². The lowest BCUT2D eigenvalue weighted by Gasteiger charge is -2.16. The van der Waals surface area contributed by atoms with Crippen LogP contribution in [0.5, 0.6) is 0 Å². The van der Waals surface area contributed by atoms with Crippen LogP contribution in [-0.4, -0.2) is 64.2 Å². The Kier molecular flexibility index (Phi) is 8.22. The summed E-state index contributed by atoms with van der Waals surface area (Å²) in [5.74, 6) is -0.122. The molecule has 168 valence electrons. The smallest absolute Gasteiger partial charge is 0.309 e. The first-order valence-electron chi connectivity index (χ1n) is 11.1. The fourth-order valence-electron chi connectivity index (χ4n) is 4.27. The van der Waals surface area contributed by atoms with Gasteiger partial charge in [0.25, 0.3) is 0 Å². The molecule has 6 atom stereocenters. The second-order valence-electron chi connectivity index (χ2n) is 8.81. The molecule has 0 aromatic carbocycles. The number of ketones is 1. The molecule has 0 spiro atoms. The third kappa shape index (κ3) is 6.23. The van der Waals surface area contributed by atoms with Crippen LogP contribution in [0.25, 0.3) is 0 Å². The molecule has 0 radical (unpaired) electrons. The molecule has 0 bridgehead atoms. The van der Waals surface area contributed by atoms with Gasteiger partial charge in [-0.3, -0.25) is 9.59 Å². The van der Waals surface area contributed by atoms with Crippen LogP contribution in [0, 0.1) is 11.8 Å². The Morgan fingerprint density at radius 1 is 1.10 bits per heavy atom. The van der Waals surface area contributed by atoms with Gasteiger partial charge in [0, 0.05) is 12.3 Å². The maximum Gasteiger partial charge on any atom is 0.309 e. The highest BCUT2D eigenvalue weighted by molar-refractivity contribution is 5.77. The molecule has 3 rings (SSSR count). The molecule has 2 saturated carbocycles. The monoisotopic (exact) mass is 422 g/mol. The zero-order valence-corrected chi connectivity index (χ0v) is 17.6. The van der Waals surface area contributed by atoms with E-state index in [9.17, 15) is 24.9 Å². The Morgan fingerprint density at radius 3 is 2.40 bits per heavy atom. The first kappa shape index (κ1) is 23.1. The lowest BCUT2D eigenvalue weighted by atomic mass is 10.0. The second-order valence-corrected chi connectivity index (χ2v) is 8.81. The van der Waals surface area contributed by atoms with Crippen molar-refractivity contribution < 1.29 is 34.4 Å². The molecule has 1 aliphatic heterocycles. The van der Waals surface area contributed by atoms with E-state index in [0.29, 0.717) is 25.7 Å². The SMILES string of the molecule is CC(=O)C/C=C(\C=C/CC[C@@H]1O[C@H](COC(=O)C2CCCC2)[C@@H](O)[C@H]1O)C1CC1O. The Bertz CT molecular complexity index is 664. The summed E-state index contributed by atoms with van der Waals surface area (Å²) in [6, 6.07) is 0. The number of aliphatic hydroxyl groups excluding tert-OH is 3. The van der Waals surface area contributed by atoms with Crippen LogP contribution in [0.15, 0.2) is 23.8 Å². The van der Waals surface area contributed by atoms with Gasteiger partial charge in [-0.1, -0.05) is 31.1 Å². The Labute approximate surface area is 177 Å². The Balaban J connectivity index is 1.43. The summed E-state index contributed by atoms with van der Waals surface area (Å²) in [5, 5.41) is 30.2. The Morgan fingerprint density at radius 2 is 1.77 bits per heavy atom. The number of rotatable bonds is 10. The van der Waals surface area contributed by atoms with Crippen molar-refractivity contribution in [2.24, 2.45) is 11.8 Å². The molecule has 0 aromatic heterocycles. The number of aliphatic hydroxyl groups is 3. The molecule has 3 aliphatic rings. The topological polar surface area (TPSA) is 113 Å². The van der Waals surface area contributed by atoms with Crippen molar-refractivity contribution in [3.05, 3.63) is 23.8 Å². The normalized spacial score (nSPS) is 34.6. The van der Waals surface area contributed by atoms with Crippen LogP contribution < -0.4 is 0 Å². The van der Waals surface area contributed by atoms with Crippen molar-refractivity contribution in [2.45, 2.75) is 88.8 Å². The molecule has 30 heavy (non-hydrogen) atoms. The number of carbonyl (C=O) groups excluding carboxylic acids is 2. The average Bonchev–Trinajstić information content (AvgIpc) is 3.11. The Hall–Kier alpha value is -1.54. The van der Waals surface area contributed by atoms with Gasteiger partial charge < -0.3 is 24.8 Å². The summed E-state index contributed by atoms with van der Waals surface area (Å²) >= 11 is 0. The maximum absolute atomic E-state index is 12.0. The number of ether oxygens (including phenoxy) is 2. The maximum atomic E-state index is 12.0. The third-order valence-electron chi connectivity index (χ3n) is 6.28. The largest absolute Gasteiger partial charge is 0.463 e. The average molecular weight is 423 g/mol. The van der Waals surface area contributed by atoms with Crippen LogP contribution in [0.4, 0.5) is 0 Å². The lowest BCUT2D eigenvalue weighted by molar-refractivity contribution is -0.153. The lowest BCUT2D eigenvalue weighted by Crippen LogP contribution is -2.35. The second kappa shape index (κ2) is 10.7. The van der Waals surface area contributed by atoms with E-state index in [1.54, 1.807) is 0 Å². The number of carbonyl (C=O) groups is 2. The molecule has 2 unspecified atom stereocenters. The molecule has 2 aliphatic carbocycles. The predicted octanol–water partition coefficient (Wildman–Crippen LogP) is 1.83. The van der Waals surface area contributed by atoms with Gasteiger partial charge in [0.05, 0.1) is 18.1 Å². The number of hydrogen-bond donors (Lipinski definition) is 3. The van der Waals surface area contributed by atoms with E-state index in [2.05, 4.69) is 0 Å². The molecule has 7 heteroatoms. The van der Waals surface area contributed by atoms with Gasteiger partial charge in [-0.2, -0.15) is 0 Å². The molecular formula is C23H34O7. The van der Waals surface area contributed by atoms with Gasteiger partial charge in [-0.15, -0.1) is 0 Å². The van der Waals surface area contributed by atoms with Crippen LogP contribution >= 0.6 is 0 Å². The fourth-order valence-corrected chi connectivity index (χ4v) is 4.27. The summed E-state index contributed by atoms with van der Waals surface area (Å²) < 4.78 is 11.1. The summed E-state index contributed by atoms with van der Waals surface area (Å²) in [6.45, 7) is 1.49. The first-order chi connectivity index (χ1) is 14.4. The molecule has 0 amide bonds. The van der Waals surface area contributed by atoms with Gasteiger partial charge in [-0.05, 0) is 44.6 Å². The van der Waals surface area contributed by atoms with E-state index in [1.807, 2.05) is 18.2 Å². The van der Waals surface area contributed by atoms with Crippen molar-refractivity contribution in [3.8, 4) is 0 Å². The molecule has 7 nitrogen and oxygen atoms in total. The van der Waals surface area contributed by atoms with Crippen molar-refractivity contribution in [1.82, 2.24) is 0 Å². The van der Waals surface area contributed by atoms with Gasteiger partial charge in [-0.25, -0.2) is 0 Å². The first-order valence-corrected chi connectivity index (χ1v) is 11.1. The highest BCUT2D eigenvalue weighted by Gasteiger charge is 2.43. The summed E-state index contributed by atoms with van der Waals surface area (Å²) in [4.78, 5) is 23.3. The minimum Gasteiger partial charge on any atom is -0.463 e. The summed E-state index contributed by atoms with van der Waals surface area (Å²) in [5.41, 5.74) is 0.960. The van der Waals surface area contributed by atoms with E-state index in [-0.39, 0.29) is 36.3 Å². The third-order valence-corrected chi connectivity index (χ3v) is 6.28. The highest BCUT2D eigenvalue weighted by Crippen LogP contribution is 2.38. The molecule has 0 aromatic rings. The van der Waals surface area contributed by atoms with E-state index >= 15 is 0 Å². The van der Waals surface area contributed by atoms with Crippen LogP contribution in [-0.2, 0) is 19.1 Å². The summed E-state index contributed by atoms with van der Waals surface area (Å²) in [7, 11) is 0. The van der Waals surface area contributed by atoms with Gasteiger partial charge >= 0.3 is 5.97 Å². The van der Waals surface area contributed by atoms with Crippen molar-refractivity contribution in [3.63, 3.8) is 0 Å². The van der Waals surface area contributed by atoms with Crippen LogP contribution in [0.3, 0.4) is 0 Å². The number of allylic oxidation sites excluding steroid dienone is 3. The minimum atomic E-state index is -1.08. The van der Waals surface area contributed by atoms with E-state index in [0.717, 1.165) is 31.3 Å². The van der Waals surface area contributed by atoms with E-state index in [4.69, 9.17) is 9.47 Å². The van der Waals surface area contributed by atoms with Crippen molar-refractivity contribution in [1.29, 1.82) is 0 Å². The van der Waals surface area contributed by atoms with Crippen molar-refractivity contribution in [2.75, 3.05) is 6.61 Å². The number of Topliss-reactive ketones (excluding diaryl/α,β-unsaturated/α-hetero) is 1. The van der Waals surface area contributed by atoms with E-state index < -0.39 is 24.4 Å². The zero-order chi connectivity index (χ0) is 21.7.